The molecule has 0 bridgehead atoms. The van der Waals surface area contributed by atoms with Gasteiger partial charge in [-0.3, -0.25) is 0 Å². The lowest BCUT2D eigenvalue weighted by atomic mass is 10.1. The predicted octanol–water partition coefficient (Wildman–Crippen LogP) is 3.48. The van der Waals surface area contributed by atoms with Crippen LogP contribution in [-0.2, 0) is 0 Å². The highest BCUT2D eigenvalue weighted by Gasteiger charge is 2.15. The zero-order valence-corrected chi connectivity index (χ0v) is 9.64. The zero-order valence-electron chi connectivity index (χ0n) is 7.30. The number of hydrogen-bond donors (Lipinski definition) is 1. The molecule has 0 saturated carbocycles. The first-order chi connectivity index (χ1) is 7.11. The van der Waals surface area contributed by atoms with Gasteiger partial charge in [-0.2, -0.15) is 0 Å². The van der Waals surface area contributed by atoms with Gasteiger partial charge in [-0.05, 0) is 22.0 Å². The molecular weight excluding hydrogens is 286 g/mol. The van der Waals surface area contributed by atoms with E-state index in [1.807, 2.05) is 0 Å². The van der Waals surface area contributed by atoms with Crippen molar-refractivity contribution in [3.8, 4) is 11.1 Å². The molecule has 6 heteroatoms. The van der Waals surface area contributed by atoms with Crippen LogP contribution in [0.5, 0.6) is 0 Å². The van der Waals surface area contributed by atoms with Crippen LogP contribution in [0.1, 0.15) is 0 Å². The number of halogens is 3. The van der Waals surface area contributed by atoms with Crippen molar-refractivity contribution in [3.05, 3.63) is 33.6 Å². The summed E-state index contributed by atoms with van der Waals surface area (Å²) in [6.45, 7) is 0. The number of benzene rings is 1. The third-order valence-electron chi connectivity index (χ3n) is 1.92. The number of rotatable bonds is 1. The Morgan fingerprint density at radius 1 is 1.40 bits per heavy atom. The van der Waals surface area contributed by atoms with E-state index in [1.165, 1.54) is 6.20 Å². The van der Waals surface area contributed by atoms with Crippen molar-refractivity contribution in [3.63, 3.8) is 0 Å². The van der Waals surface area contributed by atoms with Gasteiger partial charge in [0.25, 0.3) is 0 Å². The standard InChI is InChI=1S/C9H5BrClFN2O/c10-6-2-1-4(7(11)8(6)12)5-3-14-15-9(5)13/h1-3H,13H2. The van der Waals surface area contributed by atoms with Crippen molar-refractivity contribution in [1.82, 2.24) is 5.16 Å². The lowest BCUT2D eigenvalue weighted by molar-refractivity contribution is 0.436. The van der Waals surface area contributed by atoms with E-state index in [0.717, 1.165) is 0 Å². The first-order valence-corrected chi connectivity index (χ1v) is 5.12. The monoisotopic (exact) mass is 290 g/mol. The number of nitrogens with zero attached hydrogens (tertiary/aromatic N) is 1. The molecule has 78 valence electrons. The van der Waals surface area contributed by atoms with E-state index in [4.69, 9.17) is 17.3 Å². The van der Waals surface area contributed by atoms with E-state index in [0.29, 0.717) is 15.6 Å². The van der Waals surface area contributed by atoms with Crippen molar-refractivity contribution in [2.75, 3.05) is 5.73 Å². The average molecular weight is 292 g/mol. The number of anilines is 1. The molecule has 1 aromatic carbocycles. The Labute approximate surface area is 98.1 Å². The molecule has 0 unspecified atom stereocenters. The Kier molecular flexibility index (Phi) is 2.67. The SMILES string of the molecule is Nc1oncc1-c1ccc(Br)c(F)c1Cl. The van der Waals surface area contributed by atoms with Gasteiger partial charge in [0, 0.05) is 5.56 Å². The Morgan fingerprint density at radius 2 is 2.13 bits per heavy atom. The molecule has 0 radical (unpaired) electrons. The Hall–Kier alpha value is -1.07. The maximum atomic E-state index is 13.4. The molecule has 3 nitrogen and oxygen atoms in total. The molecule has 0 aliphatic carbocycles. The molecule has 2 aromatic rings. The summed E-state index contributed by atoms with van der Waals surface area (Å²) >= 11 is 8.86. The first-order valence-electron chi connectivity index (χ1n) is 3.95. The number of hydrogen-bond acceptors (Lipinski definition) is 3. The molecule has 0 atom stereocenters. The Morgan fingerprint density at radius 3 is 2.73 bits per heavy atom. The first kappa shape index (κ1) is 10.4. The van der Waals surface area contributed by atoms with Gasteiger partial charge in [-0.25, -0.2) is 4.39 Å². The molecular formula is C9H5BrClFN2O. The van der Waals surface area contributed by atoms with Crippen molar-refractivity contribution in [1.29, 1.82) is 0 Å². The third kappa shape index (κ3) is 1.72. The average Bonchev–Trinajstić information content (AvgIpc) is 2.62. The molecule has 0 amide bonds. The van der Waals surface area contributed by atoms with E-state index in [2.05, 4.69) is 25.6 Å². The van der Waals surface area contributed by atoms with E-state index < -0.39 is 5.82 Å². The van der Waals surface area contributed by atoms with Crippen molar-refractivity contribution >= 4 is 33.4 Å². The minimum atomic E-state index is -0.533. The third-order valence-corrected chi connectivity index (χ3v) is 2.91. The van der Waals surface area contributed by atoms with Crippen LogP contribution in [0, 0.1) is 5.82 Å². The Balaban J connectivity index is 2.65. The molecule has 0 aliphatic rings. The second kappa shape index (κ2) is 3.83. The highest BCUT2D eigenvalue weighted by Crippen LogP contribution is 2.35. The smallest absolute Gasteiger partial charge is 0.230 e. The summed E-state index contributed by atoms with van der Waals surface area (Å²) in [7, 11) is 0. The second-order valence-electron chi connectivity index (χ2n) is 2.83. The van der Waals surface area contributed by atoms with Gasteiger partial charge in [-0.1, -0.05) is 22.8 Å². The lowest BCUT2D eigenvalue weighted by Crippen LogP contribution is -1.88. The van der Waals surface area contributed by atoms with Crippen LogP contribution < -0.4 is 5.73 Å². The molecule has 0 aliphatic heterocycles. The van der Waals surface area contributed by atoms with Gasteiger partial charge in [0.15, 0.2) is 5.82 Å². The molecule has 1 heterocycles. The number of nitrogens with two attached hydrogens (primary N) is 1. The van der Waals surface area contributed by atoms with Crippen LogP contribution in [0.2, 0.25) is 5.02 Å². The summed E-state index contributed by atoms with van der Waals surface area (Å²) in [4.78, 5) is 0. The van der Waals surface area contributed by atoms with Gasteiger partial charge in [-0.15, -0.1) is 0 Å². The van der Waals surface area contributed by atoms with Crippen LogP contribution >= 0.6 is 27.5 Å². The molecule has 15 heavy (non-hydrogen) atoms. The van der Waals surface area contributed by atoms with Crippen LogP contribution in [-0.4, -0.2) is 5.16 Å². The van der Waals surface area contributed by atoms with Gasteiger partial charge in [0.2, 0.25) is 5.88 Å². The summed E-state index contributed by atoms with van der Waals surface area (Å²) < 4.78 is 18.4. The van der Waals surface area contributed by atoms with Crippen molar-refractivity contribution < 1.29 is 8.91 Å². The molecule has 1 aromatic heterocycles. The van der Waals surface area contributed by atoms with Gasteiger partial charge >= 0.3 is 0 Å². The maximum Gasteiger partial charge on any atom is 0.230 e. The highest BCUT2D eigenvalue weighted by molar-refractivity contribution is 9.10. The van der Waals surface area contributed by atoms with Gasteiger partial charge in [0.05, 0.1) is 21.3 Å². The summed E-state index contributed by atoms with van der Waals surface area (Å²) in [6, 6.07) is 3.18. The van der Waals surface area contributed by atoms with Crippen LogP contribution in [0.25, 0.3) is 11.1 Å². The fourth-order valence-electron chi connectivity index (χ4n) is 1.18. The van der Waals surface area contributed by atoms with Crippen LogP contribution in [0.4, 0.5) is 10.3 Å². The predicted molar refractivity (Wildman–Crippen MR) is 59.0 cm³/mol. The summed E-state index contributed by atoms with van der Waals surface area (Å²) in [5.41, 5.74) is 6.44. The molecule has 0 saturated heterocycles. The van der Waals surface area contributed by atoms with Gasteiger partial charge < -0.3 is 10.3 Å². The fraction of sp³-hybridized carbons (Fsp3) is 0. The van der Waals surface area contributed by atoms with E-state index in [1.54, 1.807) is 12.1 Å². The molecule has 0 fully saturated rings. The normalized spacial score (nSPS) is 10.6. The molecule has 0 spiro atoms. The van der Waals surface area contributed by atoms with Crippen LogP contribution in [0.3, 0.4) is 0 Å². The van der Waals surface area contributed by atoms with Crippen LogP contribution in [0.15, 0.2) is 27.3 Å². The quantitative estimate of drug-likeness (QED) is 0.818. The van der Waals surface area contributed by atoms with E-state index >= 15 is 0 Å². The minimum absolute atomic E-state index is 0.0146. The Bertz CT molecular complexity index is 515. The van der Waals surface area contributed by atoms with E-state index in [-0.39, 0.29) is 10.9 Å². The summed E-state index contributed by atoms with van der Waals surface area (Å²) in [5.74, 6) is -0.423. The maximum absolute atomic E-state index is 13.4. The number of aromatic nitrogens is 1. The largest absolute Gasteiger partial charge is 0.367 e. The minimum Gasteiger partial charge on any atom is -0.367 e. The molecule has 2 rings (SSSR count). The zero-order chi connectivity index (χ0) is 11.0. The summed E-state index contributed by atoms with van der Waals surface area (Å²) in [6.07, 6.45) is 1.39. The second-order valence-corrected chi connectivity index (χ2v) is 4.06. The topological polar surface area (TPSA) is 52.0 Å². The lowest BCUT2D eigenvalue weighted by Gasteiger charge is -2.04. The van der Waals surface area contributed by atoms with Gasteiger partial charge in [0.1, 0.15) is 0 Å². The van der Waals surface area contributed by atoms with E-state index in [9.17, 15) is 4.39 Å². The molecule has 2 N–H and O–H groups in total. The van der Waals surface area contributed by atoms with Crippen molar-refractivity contribution in [2.45, 2.75) is 0 Å². The summed E-state index contributed by atoms with van der Waals surface area (Å²) in [5, 5.41) is 3.48. The number of nitrogen functional groups attached to an aromatic ring is 1. The fourth-order valence-corrected chi connectivity index (χ4v) is 1.90. The highest BCUT2D eigenvalue weighted by atomic mass is 79.9. The van der Waals surface area contributed by atoms with Crippen molar-refractivity contribution in [2.24, 2.45) is 0 Å².